The van der Waals surface area contributed by atoms with E-state index in [0.29, 0.717) is 18.7 Å². The molecule has 3 N–H and O–H groups in total. The Morgan fingerprint density at radius 3 is 2.03 bits per heavy atom. The molecule has 2 atom stereocenters. The van der Waals surface area contributed by atoms with Gasteiger partial charge in [0.25, 0.3) is 0 Å². The number of likely N-dealkylation sites (tertiary alicyclic amines) is 1. The van der Waals surface area contributed by atoms with Crippen LogP contribution in [0.4, 0.5) is 5.69 Å². The molecule has 0 saturated carbocycles. The van der Waals surface area contributed by atoms with Crippen LogP contribution in [0.2, 0.25) is 0 Å². The summed E-state index contributed by atoms with van der Waals surface area (Å²) in [5, 5.41) is 2.99. The fourth-order valence-electron chi connectivity index (χ4n) is 4.03. The lowest BCUT2D eigenvalue weighted by Gasteiger charge is -2.35. The van der Waals surface area contributed by atoms with E-state index in [-0.39, 0.29) is 30.7 Å². The molecule has 29 heavy (non-hydrogen) atoms. The molecular weight excluding hydrogens is 405 g/mol. The van der Waals surface area contributed by atoms with Crippen LogP contribution in [0.25, 0.3) is 0 Å². The van der Waals surface area contributed by atoms with E-state index in [4.69, 9.17) is 5.73 Å². The summed E-state index contributed by atoms with van der Waals surface area (Å²) in [6, 6.07) is 16.1. The average Bonchev–Trinajstić information content (AvgIpc) is 2.62. The Balaban J connectivity index is 0.00000210. The Kier molecular flexibility index (Phi) is 10.5. The Labute approximate surface area is 187 Å². The largest absolute Gasteiger partial charge is 0.399 e. The third-order valence-corrected chi connectivity index (χ3v) is 5.21. The molecule has 1 fully saturated rings. The maximum absolute atomic E-state index is 12.1. The normalized spacial score (nSPS) is 19.0. The Morgan fingerprint density at radius 2 is 1.45 bits per heavy atom. The van der Waals surface area contributed by atoms with Crippen LogP contribution in [0.15, 0.2) is 48.5 Å². The van der Waals surface area contributed by atoms with Crippen LogP contribution >= 0.6 is 24.8 Å². The Bertz CT molecular complexity index is 740. The number of hydrogen-bond donors (Lipinski definition) is 2. The number of piperidine rings is 1. The highest BCUT2D eigenvalue weighted by Crippen LogP contribution is 2.22. The lowest BCUT2D eigenvalue weighted by atomic mass is 9.91. The lowest BCUT2D eigenvalue weighted by molar-refractivity contribution is -0.120. The van der Waals surface area contributed by atoms with Gasteiger partial charge in [0, 0.05) is 31.9 Å². The molecule has 6 heteroatoms. The van der Waals surface area contributed by atoms with Gasteiger partial charge in [0.15, 0.2) is 0 Å². The van der Waals surface area contributed by atoms with Gasteiger partial charge in [-0.25, -0.2) is 0 Å². The highest BCUT2D eigenvalue weighted by Gasteiger charge is 2.21. The van der Waals surface area contributed by atoms with Crippen molar-refractivity contribution in [1.82, 2.24) is 10.2 Å². The van der Waals surface area contributed by atoms with Crippen molar-refractivity contribution in [3.05, 3.63) is 65.2 Å². The van der Waals surface area contributed by atoms with Crippen LogP contribution in [0.1, 0.15) is 37.0 Å². The SMILES string of the molecule is CC1CC(C)CN(Cc2ccc(CNC(=O)Cc3ccc(N)cc3)cc2)C1.Cl.Cl. The quantitative estimate of drug-likeness (QED) is 0.656. The summed E-state index contributed by atoms with van der Waals surface area (Å²) in [4.78, 5) is 14.7. The lowest BCUT2D eigenvalue weighted by Crippen LogP contribution is -2.38. The van der Waals surface area contributed by atoms with Crippen LogP contribution in [-0.4, -0.2) is 23.9 Å². The highest BCUT2D eigenvalue weighted by atomic mass is 35.5. The number of halogens is 2. The smallest absolute Gasteiger partial charge is 0.224 e. The Hall–Kier alpha value is -1.75. The van der Waals surface area contributed by atoms with Gasteiger partial charge in [-0.15, -0.1) is 24.8 Å². The zero-order valence-corrected chi connectivity index (χ0v) is 18.9. The highest BCUT2D eigenvalue weighted by molar-refractivity contribution is 5.85. The number of nitrogens with two attached hydrogens (primary N) is 1. The molecule has 0 bridgehead atoms. The molecule has 0 spiro atoms. The van der Waals surface area contributed by atoms with E-state index < -0.39 is 0 Å². The van der Waals surface area contributed by atoms with Gasteiger partial charge in [0.2, 0.25) is 5.91 Å². The van der Waals surface area contributed by atoms with E-state index in [1.54, 1.807) is 0 Å². The van der Waals surface area contributed by atoms with Crippen molar-refractivity contribution < 1.29 is 4.79 Å². The van der Waals surface area contributed by atoms with Crippen molar-refractivity contribution in [1.29, 1.82) is 0 Å². The van der Waals surface area contributed by atoms with E-state index in [9.17, 15) is 4.79 Å². The number of hydrogen-bond acceptors (Lipinski definition) is 3. The van der Waals surface area contributed by atoms with E-state index in [0.717, 1.165) is 29.5 Å². The summed E-state index contributed by atoms with van der Waals surface area (Å²) in [5.74, 6) is 1.59. The molecule has 0 aliphatic carbocycles. The predicted octanol–water partition coefficient (Wildman–Crippen LogP) is 4.45. The first-order valence-electron chi connectivity index (χ1n) is 9.89. The maximum Gasteiger partial charge on any atom is 0.224 e. The van der Waals surface area contributed by atoms with Crippen LogP contribution in [0.3, 0.4) is 0 Å². The summed E-state index contributed by atoms with van der Waals surface area (Å²) in [5.41, 5.74) is 9.83. The number of anilines is 1. The van der Waals surface area contributed by atoms with Gasteiger partial charge in [0.1, 0.15) is 0 Å². The van der Waals surface area contributed by atoms with Gasteiger partial charge in [-0.1, -0.05) is 50.2 Å². The van der Waals surface area contributed by atoms with E-state index in [2.05, 4.69) is 48.3 Å². The molecule has 2 aromatic carbocycles. The third-order valence-electron chi connectivity index (χ3n) is 5.21. The van der Waals surface area contributed by atoms with Crippen LogP contribution in [-0.2, 0) is 24.3 Å². The standard InChI is InChI=1S/C23H31N3O.2ClH/c1-17-11-18(2)15-26(14-17)16-21-5-3-20(4-6-21)13-25-23(27)12-19-7-9-22(24)10-8-19;;/h3-10,17-18H,11-16,24H2,1-2H3,(H,25,27);2*1H. The molecule has 1 aliphatic rings. The first-order chi connectivity index (χ1) is 13.0. The topological polar surface area (TPSA) is 58.4 Å². The number of carbonyl (C=O) groups excluding carboxylic acids is 1. The van der Waals surface area contributed by atoms with Crippen molar-refractivity contribution in [3.63, 3.8) is 0 Å². The fourth-order valence-corrected chi connectivity index (χ4v) is 4.03. The fraction of sp³-hybridized carbons (Fsp3) is 0.435. The van der Waals surface area contributed by atoms with Gasteiger partial charge in [0.05, 0.1) is 6.42 Å². The van der Waals surface area contributed by atoms with Gasteiger partial charge < -0.3 is 11.1 Å². The van der Waals surface area contributed by atoms with Gasteiger partial charge >= 0.3 is 0 Å². The number of carbonyl (C=O) groups is 1. The summed E-state index contributed by atoms with van der Waals surface area (Å²) in [6.07, 6.45) is 1.72. The van der Waals surface area contributed by atoms with Crippen molar-refractivity contribution in [2.24, 2.45) is 11.8 Å². The molecule has 160 valence electrons. The van der Waals surface area contributed by atoms with E-state index in [1.165, 1.54) is 25.1 Å². The second-order valence-corrected chi connectivity index (χ2v) is 8.15. The maximum atomic E-state index is 12.1. The molecule has 0 aromatic heterocycles. The first-order valence-corrected chi connectivity index (χ1v) is 9.89. The van der Waals surface area contributed by atoms with Gasteiger partial charge in [-0.2, -0.15) is 0 Å². The number of nitrogen functional groups attached to an aromatic ring is 1. The third kappa shape index (κ3) is 8.25. The zero-order valence-electron chi connectivity index (χ0n) is 17.3. The second kappa shape index (κ2) is 12.1. The predicted molar refractivity (Wildman–Crippen MR) is 126 cm³/mol. The molecule has 4 nitrogen and oxygen atoms in total. The molecule has 2 aromatic rings. The first kappa shape index (κ1) is 25.3. The molecule has 2 unspecified atom stereocenters. The van der Waals surface area contributed by atoms with Crippen LogP contribution in [0.5, 0.6) is 0 Å². The molecule has 1 aliphatic heterocycles. The molecule has 1 heterocycles. The van der Waals surface area contributed by atoms with Gasteiger partial charge in [-0.05, 0) is 47.1 Å². The molecular formula is C23H33Cl2N3O. The minimum atomic E-state index is 0. The number of benzene rings is 2. The van der Waals surface area contributed by atoms with Crippen LogP contribution in [0, 0.1) is 11.8 Å². The molecule has 0 radical (unpaired) electrons. The monoisotopic (exact) mass is 437 g/mol. The van der Waals surface area contributed by atoms with Crippen LogP contribution < -0.4 is 11.1 Å². The van der Waals surface area contributed by atoms with E-state index in [1.807, 2.05) is 24.3 Å². The molecule has 3 rings (SSSR count). The Morgan fingerprint density at radius 1 is 0.931 bits per heavy atom. The molecule has 1 amide bonds. The van der Waals surface area contributed by atoms with E-state index >= 15 is 0 Å². The van der Waals surface area contributed by atoms with Crippen molar-refractivity contribution >= 4 is 36.4 Å². The van der Waals surface area contributed by atoms with Crippen molar-refractivity contribution in [2.75, 3.05) is 18.8 Å². The molecule has 1 saturated heterocycles. The number of nitrogens with zero attached hydrogens (tertiary/aromatic N) is 1. The van der Waals surface area contributed by atoms with Crippen molar-refractivity contribution in [2.45, 2.75) is 39.8 Å². The number of nitrogens with one attached hydrogen (secondary N) is 1. The summed E-state index contributed by atoms with van der Waals surface area (Å²) < 4.78 is 0. The number of amides is 1. The summed E-state index contributed by atoms with van der Waals surface area (Å²) in [7, 11) is 0. The average molecular weight is 438 g/mol. The zero-order chi connectivity index (χ0) is 19.2. The van der Waals surface area contributed by atoms with Crippen molar-refractivity contribution in [3.8, 4) is 0 Å². The summed E-state index contributed by atoms with van der Waals surface area (Å²) in [6.45, 7) is 8.64. The van der Waals surface area contributed by atoms with Gasteiger partial charge in [-0.3, -0.25) is 9.69 Å². The minimum Gasteiger partial charge on any atom is -0.399 e. The second-order valence-electron chi connectivity index (χ2n) is 8.15. The minimum absolute atomic E-state index is 0. The summed E-state index contributed by atoms with van der Waals surface area (Å²) >= 11 is 0. The number of rotatable bonds is 6.